The smallest absolute Gasteiger partial charge is 0.173 e. The van der Waals surface area contributed by atoms with Gasteiger partial charge in [0.05, 0.1) is 32.9 Å². The topological polar surface area (TPSA) is 77.8 Å². The van der Waals surface area contributed by atoms with E-state index in [1.54, 1.807) is 14.2 Å². The van der Waals surface area contributed by atoms with Crippen LogP contribution in [-0.2, 0) is 11.3 Å². The van der Waals surface area contributed by atoms with Gasteiger partial charge in [0.2, 0.25) is 0 Å². The molecule has 2 aliphatic heterocycles. The molecule has 34 heavy (non-hydrogen) atoms. The van der Waals surface area contributed by atoms with E-state index in [0.29, 0.717) is 6.54 Å². The van der Waals surface area contributed by atoms with Crippen LogP contribution in [-0.4, -0.2) is 78.2 Å². The van der Waals surface area contributed by atoms with Crippen molar-refractivity contribution in [3.8, 4) is 11.5 Å². The number of tetrazole rings is 1. The van der Waals surface area contributed by atoms with Gasteiger partial charge >= 0.3 is 0 Å². The molecule has 0 spiro atoms. The Morgan fingerprint density at radius 1 is 0.941 bits per heavy atom. The quantitative estimate of drug-likeness (QED) is 0.504. The van der Waals surface area contributed by atoms with Gasteiger partial charge in [0.15, 0.2) is 5.82 Å². The van der Waals surface area contributed by atoms with E-state index in [4.69, 9.17) is 14.2 Å². The lowest BCUT2D eigenvalue weighted by atomic mass is 10.0. The Morgan fingerprint density at radius 2 is 1.62 bits per heavy atom. The number of aromatic nitrogens is 4. The van der Waals surface area contributed by atoms with Gasteiger partial charge in [-0.1, -0.05) is 12.1 Å². The van der Waals surface area contributed by atoms with Crippen LogP contribution in [0.5, 0.6) is 11.5 Å². The number of methoxy groups -OCH3 is 2. The SMILES string of the molecule is COc1ccc([C@@H](c2nnnn2C[C@@H]2CCCO2)N2CCN(c3ccc(OC)cc3)CC2)cc1. The van der Waals surface area contributed by atoms with Gasteiger partial charge in [0, 0.05) is 38.5 Å². The van der Waals surface area contributed by atoms with Crippen molar-refractivity contribution in [2.75, 3.05) is 51.9 Å². The standard InChI is InChI=1S/C25H32N6O3/c1-32-21-9-5-19(6-10-21)24(25-26-27-28-31(25)18-23-4-3-17-34-23)30-15-13-29(14-16-30)20-7-11-22(33-2)12-8-20/h5-12,23-24H,3-4,13-18H2,1-2H3/t23-,24-/m0/s1. The van der Waals surface area contributed by atoms with Crippen molar-refractivity contribution in [3.05, 3.63) is 59.9 Å². The molecular weight excluding hydrogens is 432 g/mol. The molecule has 0 N–H and O–H groups in total. The first kappa shape index (κ1) is 22.6. The van der Waals surface area contributed by atoms with Gasteiger partial charge in [-0.3, -0.25) is 4.90 Å². The Kier molecular flexibility index (Phi) is 6.92. The third-order valence-corrected chi connectivity index (χ3v) is 6.75. The van der Waals surface area contributed by atoms with Crippen molar-refractivity contribution < 1.29 is 14.2 Å². The van der Waals surface area contributed by atoms with Gasteiger partial charge in [-0.15, -0.1) is 5.10 Å². The number of rotatable bonds is 8. The van der Waals surface area contributed by atoms with Crippen LogP contribution in [0.2, 0.25) is 0 Å². The maximum Gasteiger partial charge on any atom is 0.173 e. The van der Waals surface area contributed by atoms with Crippen molar-refractivity contribution in [1.29, 1.82) is 0 Å². The van der Waals surface area contributed by atoms with Gasteiger partial charge in [-0.05, 0) is 65.2 Å². The molecule has 0 saturated carbocycles. The molecule has 9 nitrogen and oxygen atoms in total. The second kappa shape index (κ2) is 10.4. The number of hydrogen-bond acceptors (Lipinski definition) is 8. The molecule has 2 aromatic carbocycles. The molecule has 2 saturated heterocycles. The first-order valence-electron chi connectivity index (χ1n) is 11.9. The van der Waals surface area contributed by atoms with Crippen LogP contribution < -0.4 is 14.4 Å². The van der Waals surface area contributed by atoms with E-state index in [2.05, 4.69) is 49.6 Å². The summed E-state index contributed by atoms with van der Waals surface area (Å²) < 4.78 is 18.5. The number of hydrogen-bond donors (Lipinski definition) is 0. The average Bonchev–Trinajstić information content (AvgIpc) is 3.58. The Labute approximate surface area is 200 Å². The second-order valence-electron chi connectivity index (χ2n) is 8.75. The molecule has 9 heteroatoms. The first-order chi connectivity index (χ1) is 16.7. The highest BCUT2D eigenvalue weighted by Crippen LogP contribution is 2.31. The summed E-state index contributed by atoms with van der Waals surface area (Å²) in [5, 5.41) is 12.9. The normalized spacial score (nSPS) is 19.8. The zero-order valence-electron chi connectivity index (χ0n) is 19.8. The van der Waals surface area contributed by atoms with Gasteiger partial charge in [0.25, 0.3) is 0 Å². The molecule has 0 unspecified atom stereocenters. The van der Waals surface area contributed by atoms with Gasteiger partial charge in [0.1, 0.15) is 11.5 Å². The molecule has 180 valence electrons. The fourth-order valence-electron chi connectivity index (χ4n) is 4.86. The van der Waals surface area contributed by atoms with Gasteiger partial charge in [-0.25, -0.2) is 4.68 Å². The Morgan fingerprint density at radius 3 is 2.24 bits per heavy atom. The molecule has 3 heterocycles. The number of anilines is 1. The number of nitrogens with zero attached hydrogens (tertiary/aromatic N) is 6. The Hall–Kier alpha value is -3.17. The lowest BCUT2D eigenvalue weighted by Gasteiger charge is -2.40. The van der Waals surface area contributed by atoms with Crippen molar-refractivity contribution in [1.82, 2.24) is 25.1 Å². The molecule has 1 aromatic heterocycles. The van der Waals surface area contributed by atoms with Crippen molar-refractivity contribution in [2.45, 2.75) is 31.5 Å². The highest BCUT2D eigenvalue weighted by molar-refractivity contribution is 5.49. The lowest BCUT2D eigenvalue weighted by Crippen LogP contribution is -2.48. The van der Waals surface area contributed by atoms with Crippen LogP contribution in [0.4, 0.5) is 5.69 Å². The fourth-order valence-corrected chi connectivity index (χ4v) is 4.86. The van der Waals surface area contributed by atoms with E-state index >= 15 is 0 Å². The van der Waals surface area contributed by atoms with Crippen LogP contribution in [0.3, 0.4) is 0 Å². The van der Waals surface area contributed by atoms with Crippen LogP contribution >= 0.6 is 0 Å². The molecule has 5 rings (SSSR count). The molecule has 0 aliphatic carbocycles. The third kappa shape index (κ3) is 4.85. The van der Waals surface area contributed by atoms with E-state index in [0.717, 1.165) is 68.5 Å². The summed E-state index contributed by atoms with van der Waals surface area (Å²) in [5.41, 5.74) is 2.37. The fraction of sp³-hybridized carbons (Fsp3) is 0.480. The number of piperazine rings is 1. The summed E-state index contributed by atoms with van der Waals surface area (Å²) in [6.07, 6.45) is 2.32. The van der Waals surface area contributed by atoms with Gasteiger partial charge < -0.3 is 19.1 Å². The summed E-state index contributed by atoms with van der Waals surface area (Å²) in [5.74, 6) is 2.57. The molecule has 2 aliphatic rings. The number of ether oxygens (including phenoxy) is 3. The summed E-state index contributed by atoms with van der Waals surface area (Å²) in [6, 6.07) is 16.5. The molecule has 2 fully saturated rings. The maximum absolute atomic E-state index is 5.86. The first-order valence-corrected chi connectivity index (χ1v) is 11.9. The van der Waals surface area contributed by atoms with Crippen LogP contribution in [0.1, 0.15) is 30.3 Å². The third-order valence-electron chi connectivity index (χ3n) is 6.75. The Balaban J connectivity index is 1.37. The predicted octanol–water partition coefficient (Wildman–Crippen LogP) is 2.78. The summed E-state index contributed by atoms with van der Waals surface area (Å²) >= 11 is 0. The largest absolute Gasteiger partial charge is 0.497 e. The summed E-state index contributed by atoms with van der Waals surface area (Å²) in [7, 11) is 3.38. The molecule has 0 radical (unpaired) electrons. The highest BCUT2D eigenvalue weighted by atomic mass is 16.5. The maximum atomic E-state index is 5.86. The Bertz CT molecular complexity index is 1040. The van der Waals surface area contributed by atoms with E-state index in [9.17, 15) is 0 Å². The van der Waals surface area contributed by atoms with Crippen molar-refractivity contribution in [2.24, 2.45) is 0 Å². The zero-order valence-corrected chi connectivity index (χ0v) is 19.8. The lowest BCUT2D eigenvalue weighted by molar-refractivity contribution is 0.0906. The number of benzene rings is 2. The molecular formula is C25H32N6O3. The van der Waals surface area contributed by atoms with Crippen LogP contribution in [0.25, 0.3) is 0 Å². The molecule has 0 bridgehead atoms. The molecule has 3 aromatic rings. The summed E-state index contributed by atoms with van der Waals surface area (Å²) in [4.78, 5) is 4.88. The van der Waals surface area contributed by atoms with E-state index in [1.807, 2.05) is 28.9 Å². The van der Waals surface area contributed by atoms with E-state index in [1.165, 1.54) is 5.69 Å². The highest BCUT2D eigenvalue weighted by Gasteiger charge is 2.31. The minimum Gasteiger partial charge on any atom is -0.497 e. The van der Waals surface area contributed by atoms with Crippen LogP contribution in [0.15, 0.2) is 48.5 Å². The zero-order chi connectivity index (χ0) is 23.3. The molecule has 0 amide bonds. The summed E-state index contributed by atoms with van der Waals surface area (Å²) in [6.45, 7) is 5.14. The second-order valence-corrected chi connectivity index (χ2v) is 8.75. The molecule has 2 atom stereocenters. The van der Waals surface area contributed by atoms with Crippen molar-refractivity contribution in [3.63, 3.8) is 0 Å². The minimum absolute atomic E-state index is 0.0414. The van der Waals surface area contributed by atoms with Gasteiger partial charge in [-0.2, -0.15) is 0 Å². The predicted molar refractivity (Wildman–Crippen MR) is 128 cm³/mol. The van der Waals surface area contributed by atoms with E-state index in [-0.39, 0.29) is 12.1 Å². The van der Waals surface area contributed by atoms with Crippen molar-refractivity contribution >= 4 is 5.69 Å². The van der Waals surface area contributed by atoms with E-state index < -0.39 is 0 Å². The average molecular weight is 465 g/mol. The minimum atomic E-state index is -0.0414. The monoisotopic (exact) mass is 464 g/mol. The van der Waals surface area contributed by atoms with Crippen LogP contribution in [0, 0.1) is 0 Å².